The van der Waals surface area contributed by atoms with Crippen molar-refractivity contribution >= 4 is 17.7 Å². The van der Waals surface area contributed by atoms with Crippen LogP contribution < -0.4 is 5.32 Å². The highest BCUT2D eigenvalue weighted by Gasteiger charge is 2.16. The third-order valence-corrected chi connectivity index (χ3v) is 4.27. The number of hydrogen-bond acceptors (Lipinski definition) is 2. The maximum Gasteiger partial charge on any atom is 0.230 e. The molecular formula is C14H17F2NOS. The Morgan fingerprint density at radius 2 is 2.00 bits per heavy atom. The van der Waals surface area contributed by atoms with Gasteiger partial charge in [0.05, 0.1) is 5.75 Å². The van der Waals surface area contributed by atoms with Crippen LogP contribution in [-0.2, 0) is 4.79 Å². The van der Waals surface area contributed by atoms with E-state index in [1.165, 1.54) is 18.6 Å². The normalized spacial score (nSPS) is 16.3. The number of rotatable bonds is 4. The first-order valence-corrected chi connectivity index (χ1v) is 7.51. The van der Waals surface area contributed by atoms with Crippen LogP contribution >= 0.6 is 11.8 Å². The van der Waals surface area contributed by atoms with Crippen LogP contribution in [-0.4, -0.2) is 17.7 Å². The first kappa shape index (κ1) is 14.3. The fraction of sp³-hybridized carbons (Fsp3) is 0.500. The summed E-state index contributed by atoms with van der Waals surface area (Å²) in [5.41, 5.74) is 0. The molecule has 0 aromatic heterocycles. The molecule has 0 atom stereocenters. The minimum Gasteiger partial charge on any atom is -0.353 e. The van der Waals surface area contributed by atoms with Gasteiger partial charge < -0.3 is 5.32 Å². The Morgan fingerprint density at radius 3 is 2.68 bits per heavy atom. The van der Waals surface area contributed by atoms with Crippen LogP contribution in [0.2, 0.25) is 0 Å². The predicted molar refractivity (Wildman–Crippen MR) is 72.1 cm³/mol. The number of benzene rings is 1. The highest BCUT2D eigenvalue weighted by atomic mass is 32.2. The second-order valence-electron chi connectivity index (χ2n) is 4.77. The van der Waals surface area contributed by atoms with E-state index in [0.717, 1.165) is 43.5 Å². The first-order valence-electron chi connectivity index (χ1n) is 6.52. The molecule has 1 amide bonds. The van der Waals surface area contributed by atoms with Crippen molar-refractivity contribution in [1.82, 2.24) is 5.32 Å². The van der Waals surface area contributed by atoms with Crippen LogP contribution in [0.4, 0.5) is 8.78 Å². The van der Waals surface area contributed by atoms with E-state index in [4.69, 9.17) is 0 Å². The molecule has 0 spiro atoms. The molecule has 5 heteroatoms. The topological polar surface area (TPSA) is 29.1 Å². The van der Waals surface area contributed by atoms with E-state index in [9.17, 15) is 13.6 Å². The molecule has 1 fully saturated rings. The molecule has 1 N–H and O–H groups in total. The molecule has 0 saturated heterocycles. The lowest BCUT2D eigenvalue weighted by Crippen LogP contribution is -2.37. The summed E-state index contributed by atoms with van der Waals surface area (Å²) in [7, 11) is 0. The molecule has 1 aromatic carbocycles. The number of nitrogens with one attached hydrogen (secondary N) is 1. The average molecular weight is 285 g/mol. The number of carbonyl (C=O) groups is 1. The standard InChI is InChI=1S/C14H17F2NOS/c15-10-6-7-13(12(16)8-10)19-9-14(18)17-11-4-2-1-3-5-11/h6-8,11H,1-5,9H2,(H,17,18). The van der Waals surface area contributed by atoms with Gasteiger partial charge in [0.2, 0.25) is 5.91 Å². The van der Waals surface area contributed by atoms with E-state index in [1.54, 1.807) is 0 Å². The van der Waals surface area contributed by atoms with Crippen LogP contribution in [0.15, 0.2) is 23.1 Å². The van der Waals surface area contributed by atoms with E-state index in [1.807, 2.05) is 0 Å². The summed E-state index contributed by atoms with van der Waals surface area (Å²) in [6.07, 6.45) is 5.61. The molecule has 19 heavy (non-hydrogen) atoms. The zero-order valence-electron chi connectivity index (χ0n) is 10.6. The Hall–Kier alpha value is -1.10. The van der Waals surface area contributed by atoms with Crippen molar-refractivity contribution in [3.8, 4) is 0 Å². The quantitative estimate of drug-likeness (QED) is 0.858. The third-order valence-electron chi connectivity index (χ3n) is 3.22. The molecule has 2 rings (SSSR count). The van der Waals surface area contributed by atoms with Gasteiger partial charge in [-0.1, -0.05) is 19.3 Å². The Labute approximate surface area is 116 Å². The number of thioether (sulfide) groups is 1. The van der Waals surface area contributed by atoms with Gasteiger partial charge in [0, 0.05) is 17.0 Å². The van der Waals surface area contributed by atoms with Gasteiger partial charge in [-0.3, -0.25) is 4.79 Å². The van der Waals surface area contributed by atoms with Gasteiger partial charge in [0.15, 0.2) is 0 Å². The van der Waals surface area contributed by atoms with Crippen molar-refractivity contribution in [2.45, 2.75) is 43.0 Å². The zero-order valence-corrected chi connectivity index (χ0v) is 11.4. The van der Waals surface area contributed by atoms with Gasteiger partial charge in [-0.25, -0.2) is 8.78 Å². The Bertz CT molecular complexity index is 447. The summed E-state index contributed by atoms with van der Waals surface area (Å²) in [5, 5.41) is 2.96. The van der Waals surface area contributed by atoms with E-state index in [-0.39, 0.29) is 17.7 Å². The molecule has 2 nitrogen and oxygen atoms in total. The molecule has 1 aromatic rings. The van der Waals surface area contributed by atoms with Crippen LogP contribution in [0.3, 0.4) is 0 Å². The minimum absolute atomic E-state index is 0.0828. The van der Waals surface area contributed by atoms with Gasteiger partial charge in [-0.15, -0.1) is 11.8 Å². The first-order chi connectivity index (χ1) is 9.15. The summed E-state index contributed by atoms with van der Waals surface area (Å²) in [5.74, 6) is -1.14. The van der Waals surface area contributed by atoms with E-state index < -0.39 is 11.6 Å². The minimum atomic E-state index is -0.615. The Kier molecular flexibility index (Phi) is 5.19. The van der Waals surface area contributed by atoms with Gasteiger partial charge in [-0.2, -0.15) is 0 Å². The maximum atomic E-state index is 13.4. The van der Waals surface area contributed by atoms with E-state index in [0.29, 0.717) is 4.90 Å². The van der Waals surface area contributed by atoms with Crippen LogP contribution in [0.25, 0.3) is 0 Å². The predicted octanol–water partition coefficient (Wildman–Crippen LogP) is 3.51. The van der Waals surface area contributed by atoms with Crippen molar-refractivity contribution in [2.75, 3.05) is 5.75 Å². The second kappa shape index (κ2) is 6.89. The number of hydrogen-bond donors (Lipinski definition) is 1. The fourth-order valence-electron chi connectivity index (χ4n) is 2.25. The average Bonchev–Trinajstić information content (AvgIpc) is 2.39. The SMILES string of the molecule is O=C(CSc1ccc(F)cc1F)NC1CCCCC1. The summed E-state index contributed by atoms with van der Waals surface area (Å²) in [4.78, 5) is 12.0. The Balaban J connectivity index is 1.79. The Morgan fingerprint density at radius 1 is 1.26 bits per heavy atom. The summed E-state index contributed by atoms with van der Waals surface area (Å²) in [6, 6.07) is 3.66. The lowest BCUT2D eigenvalue weighted by Gasteiger charge is -2.22. The molecule has 0 radical (unpaired) electrons. The number of amides is 1. The molecule has 0 heterocycles. The number of carbonyl (C=O) groups excluding carboxylic acids is 1. The fourth-order valence-corrected chi connectivity index (χ4v) is 2.98. The van der Waals surface area contributed by atoms with Crippen molar-refractivity contribution in [2.24, 2.45) is 0 Å². The second-order valence-corrected chi connectivity index (χ2v) is 5.78. The largest absolute Gasteiger partial charge is 0.353 e. The maximum absolute atomic E-state index is 13.4. The lowest BCUT2D eigenvalue weighted by atomic mass is 9.95. The van der Waals surface area contributed by atoms with Crippen LogP contribution in [0, 0.1) is 11.6 Å². The van der Waals surface area contributed by atoms with Crippen molar-refractivity contribution in [3.63, 3.8) is 0 Å². The third kappa shape index (κ3) is 4.49. The summed E-state index contributed by atoms with van der Waals surface area (Å²) in [6.45, 7) is 0. The molecule has 0 aliphatic heterocycles. The van der Waals surface area contributed by atoms with Gasteiger partial charge in [0.25, 0.3) is 0 Å². The molecule has 0 unspecified atom stereocenters. The smallest absolute Gasteiger partial charge is 0.230 e. The van der Waals surface area contributed by atoms with E-state index in [2.05, 4.69) is 5.32 Å². The molecule has 1 aliphatic rings. The highest BCUT2D eigenvalue weighted by Crippen LogP contribution is 2.22. The zero-order chi connectivity index (χ0) is 13.7. The van der Waals surface area contributed by atoms with Crippen molar-refractivity contribution in [1.29, 1.82) is 0 Å². The van der Waals surface area contributed by atoms with Crippen molar-refractivity contribution in [3.05, 3.63) is 29.8 Å². The molecule has 1 saturated carbocycles. The van der Waals surface area contributed by atoms with Gasteiger partial charge in [0.1, 0.15) is 11.6 Å². The molecule has 1 aliphatic carbocycles. The monoisotopic (exact) mass is 285 g/mol. The molecule has 104 valence electrons. The molecule has 0 bridgehead atoms. The number of halogens is 2. The van der Waals surface area contributed by atoms with Crippen LogP contribution in [0.1, 0.15) is 32.1 Å². The van der Waals surface area contributed by atoms with Gasteiger partial charge in [-0.05, 0) is 25.0 Å². The lowest BCUT2D eigenvalue weighted by molar-refractivity contribution is -0.119. The molecular weight excluding hydrogens is 268 g/mol. The van der Waals surface area contributed by atoms with Crippen molar-refractivity contribution < 1.29 is 13.6 Å². The van der Waals surface area contributed by atoms with Crippen LogP contribution in [0.5, 0.6) is 0 Å². The highest BCUT2D eigenvalue weighted by molar-refractivity contribution is 8.00. The summed E-state index contributed by atoms with van der Waals surface area (Å²) >= 11 is 1.10. The summed E-state index contributed by atoms with van der Waals surface area (Å²) < 4.78 is 26.1. The van der Waals surface area contributed by atoms with E-state index >= 15 is 0 Å². The van der Waals surface area contributed by atoms with Gasteiger partial charge >= 0.3 is 0 Å².